The second-order valence-electron chi connectivity index (χ2n) is 5.79. The van der Waals surface area contributed by atoms with Gasteiger partial charge in [0.1, 0.15) is 6.61 Å². The van der Waals surface area contributed by atoms with Crippen LogP contribution in [0.1, 0.15) is 19.4 Å². The van der Waals surface area contributed by atoms with Gasteiger partial charge in [0.15, 0.2) is 0 Å². The zero-order valence-electron chi connectivity index (χ0n) is 14.2. The van der Waals surface area contributed by atoms with Gasteiger partial charge in [-0.3, -0.25) is 4.90 Å². The summed E-state index contributed by atoms with van der Waals surface area (Å²) < 4.78 is 5.25. The molecule has 0 aliphatic carbocycles. The van der Waals surface area contributed by atoms with Gasteiger partial charge < -0.3 is 10.1 Å². The Kier molecular flexibility index (Phi) is 8.76. The first-order valence-electron chi connectivity index (χ1n) is 7.98. The van der Waals surface area contributed by atoms with Crippen molar-refractivity contribution >= 4 is 6.09 Å². The highest BCUT2D eigenvalue weighted by molar-refractivity contribution is 5.67. The molecule has 23 heavy (non-hydrogen) atoms. The Balaban J connectivity index is 2.48. The fraction of sp³-hybridized carbons (Fsp3) is 0.421. The highest BCUT2D eigenvalue weighted by Gasteiger charge is 2.21. The van der Waals surface area contributed by atoms with Crippen LogP contribution in [0.5, 0.6) is 0 Å². The van der Waals surface area contributed by atoms with Gasteiger partial charge in [-0.2, -0.15) is 0 Å². The summed E-state index contributed by atoms with van der Waals surface area (Å²) in [6, 6.07) is 9.85. The summed E-state index contributed by atoms with van der Waals surface area (Å²) in [7, 11) is 0. The van der Waals surface area contributed by atoms with Crippen molar-refractivity contribution in [1.82, 2.24) is 10.2 Å². The molecule has 0 fully saturated rings. The molecule has 4 heteroatoms. The molecule has 1 rings (SSSR count). The van der Waals surface area contributed by atoms with E-state index in [1.54, 1.807) is 0 Å². The first-order valence-corrected chi connectivity index (χ1v) is 7.98. The molecule has 1 aromatic carbocycles. The highest BCUT2D eigenvalue weighted by Crippen LogP contribution is 2.10. The third-order valence-corrected chi connectivity index (χ3v) is 3.63. The number of nitrogens with one attached hydrogen (secondary N) is 1. The van der Waals surface area contributed by atoms with Crippen molar-refractivity contribution in [2.75, 3.05) is 19.6 Å². The first kappa shape index (κ1) is 19.0. The van der Waals surface area contributed by atoms with Crippen LogP contribution in [0, 0.1) is 5.92 Å². The van der Waals surface area contributed by atoms with Crippen LogP contribution >= 0.6 is 0 Å². The molecule has 1 aromatic rings. The first-order chi connectivity index (χ1) is 11.1. The van der Waals surface area contributed by atoms with Crippen molar-refractivity contribution in [3.8, 4) is 0 Å². The third-order valence-electron chi connectivity index (χ3n) is 3.63. The van der Waals surface area contributed by atoms with E-state index in [4.69, 9.17) is 4.74 Å². The molecule has 1 atom stereocenters. The lowest BCUT2D eigenvalue weighted by Gasteiger charge is -2.33. The number of alkyl carbamates (subject to hydrolysis) is 1. The van der Waals surface area contributed by atoms with Crippen LogP contribution in [0.4, 0.5) is 4.79 Å². The molecule has 1 amide bonds. The van der Waals surface area contributed by atoms with Gasteiger partial charge in [0.25, 0.3) is 0 Å². The summed E-state index contributed by atoms with van der Waals surface area (Å²) in [4.78, 5) is 14.1. The van der Waals surface area contributed by atoms with Gasteiger partial charge in [-0.1, -0.05) is 56.3 Å². The molecule has 0 aliphatic rings. The van der Waals surface area contributed by atoms with E-state index < -0.39 is 6.09 Å². The van der Waals surface area contributed by atoms with E-state index in [1.807, 2.05) is 42.5 Å². The molecular weight excluding hydrogens is 288 g/mol. The number of carbonyl (C=O) groups excluding carboxylic acids is 1. The fourth-order valence-electron chi connectivity index (χ4n) is 2.43. The lowest BCUT2D eigenvalue weighted by Crippen LogP contribution is -2.47. The van der Waals surface area contributed by atoms with Crippen LogP contribution < -0.4 is 5.32 Å². The minimum atomic E-state index is -0.392. The molecule has 0 spiro atoms. The molecule has 1 N–H and O–H groups in total. The van der Waals surface area contributed by atoms with Crippen LogP contribution in [0.25, 0.3) is 0 Å². The number of nitrogens with zero attached hydrogens (tertiary/aromatic N) is 1. The van der Waals surface area contributed by atoms with Crippen LogP contribution in [0.15, 0.2) is 55.6 Å². The normalized spacial score (nSPS) is 12.0. The maximum absolute atomic E-state index is 11.9. The standard InChI is InChI=1S/C19H28N2O2/c1-5-12-21(13-6-2)18(16(3)4)14-20-19(22)23-15-17-10-8-7-9-11-17/h5-11,16,18H,1-2,12-15H2,3-4H3,(H,20,22). The van der Waals surface area contributed by atoms with Gasteiger partial charge in [0.05, 0.1) is 0 Å². The largest absolute Gasteiger partial charge is 0.445 e. The minimum absolute atomic E-state index is 0.204. The van der Waals surface area contributed by atoms with E-state index in [0.717, 1.165) is 18.7 Å². The Morgan fingerprint density at radius 1 is 1.22 bits per heavy atom. The molecule has 0 aromatic heterocycles. The van der Waals surface area contributed by atoms with E-state index in [0.29, 0.717) is 12.5 Å². The highest BCUT2D eigenvalue weighted by atomic mass is 16.5. The lowest BCUT2D eigenvalue weighted by atomic mass is 10.0. The van der Waals surface area contributed by atoms with Gasteiger partial charge in [0, 0.05) is 25.7 Å². The predicted octanol–water partition coefficient (Wildman–Crippen LogP) is 3.61. The summed E-state index contributed by atoms with van der Waals surface area (Å²) in [6.07, 6.45) is 3.34. The molecule has 4 nitrogen and oxygen atoms in total. The van der Waals surface area contributed by atoms with E-state index in [-0.39, 0.29) is 12.6 Å². The topological polar surface area (TPSA) is 41.6 Å². The van der Waals surface area contributed by atoms with Crippen molar-refractivity contribution < 1.29 is 9.53 Å². The second kappa shape index (κ2) is 10.6. The second-order valence-corrected chi connectivity index (χ2v) is 5.79. The molecule has 0 saturated heterocycles. The maximum Gasteiger partial charge on any atom is 0.407 e. The summed E-state index contributed by atoms with van der Waals surface area (Å²) in [5, 5.41) is 2.86. The number of ether oxygens (including phenoxy) is 1. The van der Waals surface area contributed by atoms with Crippen molar-refractivity contribution in [1.29, 1.82) is 0 Å². The van der Waals surface area contributed by atoms with Gasteiger partial charge in [-0.15, -0.1) is 13.2 Å². The summed E-state index contributed by atoms with van der Waals surface area (Å²) in [5.74, 6) is 0.393. The number of amides is 1. The number of hydrogen-bond acceptors (Lipinski definition) is 3. The summed E-state index contributed by atoms with van der Waals surface area (Å²) in [5.41, 5.74) is 0.975. The maximum atomic E-state index is 11.9. The molecule has 0 heterocycles. The Bertz CT molecular complexity index is 475. The molecule has 0 radical (unpaired) electrons. The molecule has 0 saturated carbocycles. The SMILES string of the molecule is C=CCN(CC=C)C(CNC(=O)OCc1ccccc1)C(C)C. The Morgan fingerprint density at radius 3 is 2.35 bits per heavy atom. The zero-order valence-corrected chi connectivity index (χ0v) is 14.2. The van der Waals surface area contributed by atoms with Crippen LogP contribution in [-0.4, -0.2) is 36.7 Å². The van der Waals surface area contributed by atoms with Crippen molar-refractivity contribution in [3.05, 3.63) is 61.2 Å². The summed E-state index contributed by atoms with van der Waals surface area (Å²) in [6.45, 7) is 14.2. The minimum Gasteiger partial charge on any atom is -0.445 e. The van der Waals surface area contributed by atoms with E-state index >= 15 is 0 Å². The predicted molar refractivity (Wildman–Crippen MR) is 95.2 cm³/mol. The Hall–Kier alpha value is -2.07. The van der Waals surface area contributed by atoms with E-state index in [1.165, 1.54) is 0 Å². The quantitative estimate of drug-likeness (QED) is 0.670. The number of benzene rings is 1. The number of hydrogen-bond donors (Lipinski definition) is 1. The van der Waals surface area contributed by atoms with Gasteiger partial charge in [0.2, 0.25) is 0 Å². The van der Waals surface area contributed by atoms with Gasteiger partial charge in [-0.05, 0) is 11.5 Å². The van der Waals surface area contributed by atoms with Crippen LogP contribution in [-0.2, 0) is 11.3 Å². The van der Waals surface area contributed by atoms with E-state index in [9.17, 15) is 4.79 Å². The van der Waals surface area contributed by atoms with Crippen LogP contribution in [0.2, 0.25) is 0 Å². The van der Waals surface area contributed by atoms with Crippen molar-refractivity contribution in [2.24, 2.45) is 5.92 Å². The lowest BCUT2D eigenvalue weighted by molar-refractivity contribution is 0.129. The molecular formula is C19H28N2O2. The number of carbonyl (C=O) groups is 1. The fourth-order valence-corrected chi connectivity index (χ4v) is 2.43. The zero-order chi connectivity index (χ0) is 17.1. The molecule has 0 bridgehead atoms. The number of rotatable bonds is 10. The summed E-state index contributed by atoms with van der Waals surface area (Å²) >= 11 is 0. The molecule has 126 valence electrons. The molecule has 1 unspecified atom stereocenters. The van der Waals surface area contributed by atoms with Crippen LogP contribution in [0.3, 0.4) is 0 Å². The van der Waals surface area contributed by atoms with Crippen molar-refractivity contribution in [2.45, 2.75) is 26.5 Å². The molecule has 0 aliphatic heterocycles. The smallest absolute Gasteiger partial charge is 0.407 e. The Labute approximate surface area is 139 Å². The average Bonchev–Trinajstić information content (AvgIpc) is 2.54. The van der Waals surface area contributed by atoms with Crippen molar-refractivity contribution in [3.63, 3.8) is 0 Å². The van der Waals surface area contributed by atoms with E-state index in [2.05, 4.69) is 37.2 Å². The van der Waals surface area contributed by atoms with Gasteiger partial charge >= 0.3 is 6.09 Å². The van der Waals surface area contributed by atoms with Gasteiger partial charge in [-0.25, -0.2) is 4.79 Å². The Morgan fingerprint density at radius 2 is 1.83 bits per heavy atom. The average molecular weight is 316 g/mol. The third kappa shape index (κ3) is 7.15. The monoisotopic (exact) mass is 316 g/mol.